The van der Waals surface area contributed by atoms with Crippen LogP contribution in [0.15, 0.2) is 17.7 Å². The Hall–Kier alpha value is 0.584. The van der Waals surface area contributed by atoms with Gasteiger partial charge in [-0.25, -0.2) is 11.6 Å². The Morgan fingerprint density at radius 3 is 2.62 bits per heavy atom. The van der Waals surface area contributed by atoms with Crippen molar-refractivity contribution in [1.29, 1.82) is 0 Å². The second kappa shape index (κ2) is 4.46. The Morgan fingerprint density at radius 1 is 1.62 bits per heavy atom. The van der Waals surface area contributed by atoms with Crippen LogP contribution in [0.2, 0.25) is 0 Å². The summed E-state index contributed by atoms with van der Waals surface area (Å²) in [6, 6.07) is 0. The third-order valence-electron chi connectivity index (χ3n) is 1.08. The number of hydrogen-bond acceptors (Lipinski definition) is 0. The van der Waals surface area contributed by atoms with Crippen molar-refractivity contribution in [3.8, 4) is 0 Å². The Labute approximate surface area is 75.9 Å². The van der Waals surface area contributed by atoms with Gasteiger partial charge < -0.3 is 0 Å². The average Bonchev–Trinajstić information content (AvgIpc) is 1.69. The number of allylic oxidation sites excluding steroid dienone is 4. The minimum absolute atomic E-state index is 0. The van der Waals surface area contributed by atoms with Gasteiger partial charge in [-0.3, -0.25) is 6.08 Å². The third kappa shape index (κ3) is 2.79. The van der Waals surface area contributed by atoms with Crippen LogP contribution in [0.25, 0.3) is 0 Å². The van der Waals surface area contributed by atoms with Crippen molar-refractivity contribution in [2.75, 3.05) is 0 Å². The molecule has 1 aliphatic rings. The van der Waals surface area contributed by atoms with Crippen molar-refractivity contribution < 1.29 is 32.7 Å². The van der Waals surface area contributed by atoms with Gasteiger partial charge in [-0.05, 0) is 0 Å². The third-order valence-corrected chi connectivity index (χ3v) is 1.08. The standard InChI is InChI=1S/C7H9.Y/c1-7-5-3-2-4-6-7;/h3,5H,2,4H2,1H3;/q-1;. The zero-order valence-electron chi connectivity index (χ0n) is 5.15. The molecule has 0 bridgehead atoms. The Bertz CT molecular complexity index is 112. The molecule has 0 fully saturated rings. The molecule has 1 radical (unpaired) electrons. The van der Waals surface area contributed by atoms with Gasteiger partial charge in [0, 0.05) is 32.7 Å². The summed E-state index contributed by atoms with van der Waals surface area (Å²) in [5.74, 6) is 0. The molecule has 0 aromatic rings. The first kappa shape index (κ1) is 8.58. The van der Waals surface area contributed by atoms with Gasteiger partial charge in [-0.1, -0.05) is 13.3 Å². The van der Waals surface area contributed by atoms with Gasteiger partial charge in [0.1, 0.15) is 0 Å². The summed E-state index contributed by atoms with van der Waals surface area (Å²) in [4.78, 5) is 0. The molecule has 0 saturated carbocycles. The second-order valence-corrected chi connectivity index (χ2v) is 1.80. The van der Waals surface area contributed by atoms with E-state index in [2.05, 4.69) is 25.2 Å². The van der Waals surface area contributed by atoms with Gasteiger partial charge >= 0.3 is 0 Å². The van der Waals surface area contributed by atoms with E-state index in [9.17, 15) is 0 Å². The van der Waals surface area contributed by atoms with Crippen molar-refractivity contribution >= 4 is 0 Å². The van der Waals surface area contributed by atoms with E-state index in [1.165, 1.54) is 12.0 Å². The Morgan fingerprint density at radius 2 is 2.38 bits per heavy atom. The maximum Gasteiger partial charge on any atom is 0 e. The molecule has 0 spiro atoms. The van der Waals surface area contributed by atoms with Crippen LogP contribution >= 0.6 is 0 Å². The summed E-state index contributed by atoms with van der Waals surface area (Å²) in [6.45, 7) is 2.08. The van der Waals surface area contributed by atoms with E-state index in [-0.39, 0.29) is 32.7 Å². The molecule has 0 N–H and O–H groups in total. The smallest absolute Gasteiger partial charge is 0 e. The van der Waals surface area contributed by atoms with Crippen LogP contribution in [0.4, 0.5) is 0 Å². The largest absolute Gasteiger partial charge is 0.272 e. The second-order valence-electron chi connectivity index (χ2n) is 1.80. The van der Waals surface area contributed by atoms with E-state index >= 15 is 0 Å². The summed E-state index contributed by atoms with van der Waals surface area (Å²) in [6.07, 6.45) is 9.80. The molecule has 8 heavy (non-hydrogen) atoms. The predicted octanol–water partition coefficient (Wildman–Crippen LogP) is 2.08. The van der Waals surface area contributed by atoms with Crippen LogP contribution in [0, 0.1) is 6.08 Å². The predicted molar refractivity (Wildman–Crippen MR) is 30.8 cm³/mol. The van der Waals surface area contributed by atoms with Crippen molar-refractivity contribution in [3.63, 3.8) is 0 Å². The molecular weight excluding hydrogens is 173 g/mol. The first-order valence-electron chi connectivity index (χ1n) is 2.63. The molecule has 1 rings (SSSR count). The topological polar surface area (TPSA) is 0 Å². The normalized spacial score (nSPS) is 16.9. The molecule has 0 atom stereocenters. The molecule has 0 heterocycles. The van der Waals surface area contributed by atoms with E-state index in [0.717, 1.165) is 6.42 Å². The number of hydrogen-bond donors (Lipinski definition) is 0. The van der Waals surface area contributed by atoms with Crippen LogP contribution in [0.1, 0.15) is 19.8 Å². The van der Waals surface area contributed by atoms with Gasteiger partial charge in [0.05, 0.1) is 0 Å². The monoisotopic (exact) mass is 182 g/mol. The summed E-state index contributed by atoms with van der Waals surface area (Å²) in [5, 5.41) is 0. The fourth-order valence-corrected chi connectivity index (χ4v) is 0.672. The Balaban J connectivity index is 0.000000490. The molecule has 0 saturated heterocycles. The fourth-order valence-electron chi connectivity index (χ4n) is 0.672. The van der Waals surface area contributed by atoms with Gasteiger partial charge in [0.2, 0.25) is 0 Å². The van der Waals surface area contributed by atoms with Gasteiger partial charge in [0.15, 0.2) is 0 Å². The maximum absolute atomic E-state index is 3.21. The first-order valence-corrected chi connectivity index (χ1v) is 2.63. The van der Waals surface area contributed by atoms with Crippen LogP contribution in [-0.4, -0.2) is 0 Å². The molecular formula is C7H9Y-. The summed E-state index contributed by atoms with van der Waals surface area (Å²) >= 11 is 0. The fraction of sp³-hybridized carbons (Fsp3) is 0.429. The first-order chi connectivity index (χ1) is 3.39. The van der Waals surface area contributed by atoms with E-state index in [1.54, 1.807) is 0 Å². The summed E-state index contributed by atoms with van der Waals surface area (Å²) < 4.78 is 0. The molecule has 0 nitrogen and oxygen atoms in total. The molecule has 41 valence electrons. The molecule has 0 aliphatic heterocycles. The quantitative estimate of drug-likeness (QED) is 0.503. The molecule has 0 aromatic carbocycles. The maximum atomic E-state index is 3.21. The Kier molecular flexibility index (Phi) is 4.79. The van der Waals surface area contributed by atoms with Crippen molar-refractivity contribution in [2.24, 2.45) is 0 Å². The van der Waals surface area contributed by atoms with Gasteiger partial charge in [-0.2, -0.15) is 6.08 Å². The molecule has 1 heteroatoms. The van der Waals surface area contributed by atoms with Gasteiger partial charge in [0.25, 0.3) is 0 Å². The van der Waals surface area contributed by atoms with E-state index in [1.807, 2.05) is 0 Å². The minimum atomic E-state index is 0. The van der Waals surface area contributed by atoms with E-state index in [4.69, 9.17) is 0 Å². The van der Waals surface area contributed by atoms with E-state index in [0.29, 0.717) is 0 Å². The van der Waals surface area contributed by atoms with Crippen molar-refractivity contribution in [2.45, 2.75) is 19.8 Å². The van der Waals surface area contributed by atoms with Crippen LogP contribution in [0.5, 0.6) is 0 Å². The molecule has 0 unspecified atom stereocenters. The average molecular weight is 182 g/mol. The minimum Gasteiger partial charge on any atom is -0.272 e. The number of rotatable bonds is 0. The van der Waals surface area contributed by atoms with Crippen LogP contribution in [0.3, 0.4) is 0 Å². The van der Waals surface area contributed by atoms with Crippen molar-refractivity contribution in [1.82, 2.24) is 0 Å². The summed E-state index contributed by atoms with van der Waals surface area (Å²) in [5.41, 5.74) is 1.28. The zero-order chi connectivity index (χ0) is 5.11. The van der Waals surface area contributed by atoms with Crippen LogP contribution in [-0.2, 0) is 32.7 Å². The van der Waals surface area contributed by atoms with E-state index < -0.39 is 0 Å². The SMILES string of the molecule is CC1=[C-]CCC=C1.[Y]. The molecule has 0 amide bonds. The van der Waals surface area contributed by atoms with Gasteiger partial charge in [-0.15, -0.1) is 6.42 Å². The summed E-state index contributed by atoms with van der Waals surface area (Å²) in [7, 11) is 0. The molecule has 0 aromatic heterocycles. The van der Waals surface area contributed by atoms with Crippen LogP contribution < -0.4 is 0 Å². The zero-order valence-corrected chi connectivity index (χ0v) is 7.98. The molecule has 1 aliphatic carbocycles. The van der Waals surface area contributed by atoms with Crippen molar-refractivity contribution in [3.05, 3.63) is 23.8 Å².